The number of hydrogen-bond acceptors (Lipinski definition) is 6. The molecule has 0 unspecified atom stereocenters. The Morgan fingerprint density at radius 1 is 0.853 bits per heavy atom. The summed E-state index contributed by atoms with van der Waals surface area (Å²) in [4.78, 5) is 28.6. The highest BCUT2D eigenvalue weighted by molar-refractivity contribution is 7.89. The minimum absolute atomic E-state index is 0.108. The summed E-state index contributed by atoms with van der Waals surface area (Å²) in [6, 6.07) is 11.6. The SMILES string of the molecule is COc1ccc(S(=O)(=O)N2CCN(C(=O)c3ccc(N4CCCCC4=O)cc3)CC2)cc1OC. The molecule has 34 heavy (non-hydrogen) atoms. The molecule has 2 aliphatic heterocycles. The number of nitrogens with zero attached hydrogens (tertiary/aromatic N) is 3. The lowest BCUT2D eigenvalue weighted by molar-refractivity contribution is -0.119. The number of piperazine rings is 1. The zero-order valence-electron chi connectivity index (χ0n) is 19.4. The summed E-state index contributed by atoms with van der Waals surface area (Å²) in [6.45, 7) is 1.67. The van der Waals surface area contributed by atoms with Crippen molar-refractivity contribution < 1.29 is 27.5 Å². The minimum Gasteiger partial charge on any atom is -0.493 e. The summed E-state index contributed by atoms with van der Waals surface area (Å²) in [6.07, 6.45) is 2.44. The predicted molar refractivity (Wildman–Crippen MR) is 127 cm³/mol. The van der Waals surface area contributed by atoms with Crippen LogP contribution in [0.25, 0.3) is 0 Å². The molecular weight excluding hydrogens is 458 g/mol. The lowest BCUT2D eigenvalue weighted by atomic mass is 10.1. The van der Waals surface area contributed by atoms with Gasteiger partial charge in [-0.05, 0) is 49.2 Å². The molecule has 2 fully saturated rings. The number of piperidine rings is 1. The van der Waals surface area contributed by atoms with E-state index in [1.54, 1.807) is 40.1 Å². The molecule has 0 aromatic heterocycles. The Labute approximate surface area is 199 Å². The van der Waals surface area contributed by atoms with Gasteiger partial charge in [0.2, 0.25) is 15.9 Å². The highest BCUT2D eigenvalue weighted by atomic mass is 32.2. The van der Waals surface area contributed by atoms with Gasteiger partial charge in [0.1, 0.15) is 0 Å². The molecule has 4 rings (SSSR count). The van der Waals surface area contributed by atoms with Crippen LogP contribution >= 0.6 is 0 Å². The molecule has 2 saturated heterocycles. The fourth-order valence-electron chi connectivity index (χ4n) is 4.30. The van der Waals surface area contributed by atoms with E-state index in [9.17, 15) is 18.0 Å². The van der Waals surface area contributed by atoms with Crippen molar-refractivity contribution in [2.75, 3.05) is 51.8 Å². The second-order valence-electron chi connectivity index (χ2n) is 8.26. The molecule has 2 aromatic carbocycles. The van der Waals surface area contributed by atoms with Gasteiger partial charge in [-0.3, -0.25) is 9.59 Å². The zero-order chi connectivity index (χ0) is 24.3. The Morgan fingerprint density at radius 3 is 2.15 bits per heavy atom. The number of amides is 2. The molecule has 2 aliphatic rings. The molecule has 0 saturated carbocycles. The van der Waals surface area contributed by atoms with Crippen molar-refractivity contribution in [2.24, 2.45) is 0 Å². The van der Waals surface area contributed by atoms with E-state index in [0.717, 1.165) is 18.5 Å². The fourth-order valence-corrected chi connectivity index (χ4v) is 5.74. The van der Waals surface area contributed by atoms with Gasteiger partial charge < -0.3 is 19.3 Å². The van der Waals surface area contributed by atoms with Gasteiger partial charge in [-0.1, -0.05) is 0 Å². The first-order valence-electron chi connectivity index (χ1n) is 11.3. The van der Waals surface area contributed by atoms with Gasteiger partial charge in [0.15, 0.2) is 11.5 Å². The molecular formula is C24H29N3O6S. The number of carbonyl (C=O) groups excluding carboxylic acids is 2. The van der Waals surface area contributed by atoms with Crippen LogP contribution in [0.5, 0.6) is 11.5 Å². The zero-order valence-corrected chi connectivity index (χ0v) is 20.2. The summed E-state index contributed by atoms with van der Waals surface area (Å²) < 4.78 is 38.0. The number of sulfonamides is 1. The first-order valence-corrected chi connectivity index (χ1v) is 12.7. The maximum Gasteiger partial charge on any atom is 0.253 e. The summed E-state index contributed by atoms with van der Waals surface area (Å²) in [5.41, 5.74) is 1.32. The summed E-state index contributed by atoms with van der Waals surface area (Å²) in [5.74, 6) is 0.747. The molecule has 0 bridgehead atoms. The molecule has 10 heteroatoms. The Bertz CT molecular complexity index is 1160. The van der Waals surface area contributed by atoms with E-state index in [4.69, 9.17) is 9.47 Å². The van der Waals surface area contributed by atoms with Crippen molar-refractivity contribution in [1.82, 2.24) is 9.21 Å². The van der Waals surface area contributed by atoms with Crippen LogP contribution in [0, 0.1) is 0 Å². The second-order valence-corrected chi connectivity index (χ2v) is 10.2. The Morgan fingerprint density at radius 2 is 1.53 bits per heavy atom. The van der Waals surface area contributed by atoms with E-state index in [1.807, 2.05) is 0 Å². The summed E-state index contributed by atoms with van der Waals surface area (Å²) >= 11 is 0. The van der Waals surface area contributed by atoms with Crippen molar-refractivity contribution in [2.45, 2.75) is 24.2 Å². The van der Waals surface area contributed by atoms with Crippen molar-refractivity contribution >= 4 is 27.5 Å². The van der Waals surface area contributed by atoms with Crippen LogP contribution < -0.4 is 14.4 Å². The van der Waals surface area contributed by atoms with Crippen LogP contribution in [0.3, 0.4) is 0 Å². The molecule has 0 spiro atoms. The van der Waals surface area contributed by atoms with Crippen LogP contribution in [0.4, 0.5) is 5.69 Å². The monoisotopic (exact) mass is 487 g/mol. The number of methoxy groups -OCH3 is 2. The van der Waals surface area contributed by atoms with Gasteiger partial charge in [0.05, 0.1) is 19.1 Å². The molecule has 182 valence electrons. The van der Waals surface area contributed by atoms with Crippen LogP contribution in [0.15, 0.2) is 47.4 Å². The van der Waals surface area contributed by atoms with Crippen LogP contribution in [0.2, 0.25) is 0 Å². The van der Waals surface area contributed by atoms with Crippen LogP contribution in [-0.2, 0) is 14.8 Å². The van der Waals surface area contributed by atoms with Gasteiger partial charge in [-0.15, -0.1) is 0 Å². The molecule has 2 aromatic rings. The van der Waals surface area contributed by atoms with Crippen molar-refractivity contribution in [3.05, 3.63) is 48.0 Å². The number of hydrogen-bond donors (Lipinski definition) is 0. The summed E-state index contributed by atoms with van der Waals surface area (Å²) in [7, 11) is -0.791. The third-order valence-corrected chi connectivity index (χ3v) is 8.16. The third kappa shape index (κ3) is 4.74. The van der Waals surface area contributed by atoms with Crippen LogP contribution in [-0.4, -0.2) is 76.4 Å². The second kappa shape index (κ2) is 10.0. The largest absolute Gasteiger partial charge is 0.493 e. The number of ether oxygens (including phenoxy) is 2. The molecule has 2 amide bonds. The molecule has 0 aliphatic carbocycles. The van der Waals surface area contributed by atoms with Gasteiger partial charge in [-0.25, -0.2) is 8.42 Å². The molecule has 2 heterocycles. The van der Waals surface area contributed by atoms with E-state index in [1.165, 1.54) is 30.7 Å². The standard InChI is InChI=1S/C24H29N3O6S/c1-32-21-11-10-20(17-22(21)33-2)34(30,31)26-15-13-25(14-16-26)24(29)18-6-8-19(9-7-18)27-12-4-3-5-23(27)28/h6-11,17H,3-5,12-16H2,1-2H3. The summed E-state index contributed by atoms with van der Waals surface area (Å²) in [5, 5.41) is 0. The average Bonchev–Trinajstić information content (AvgIpc) is 2.88. The van der Waals surface area contributed by atoms with Gasteiger partial charge in [-0.2, -0.15) is 4.31 Å². The molecule has 9 nitrogen and oxygen atoms in total. The number of carbonyl (C=O) groups is 2. The lowest BCUT2D eigenvalue weighted by Gasteiger charge is -2.34. The minimum atomic E-state index is -3.73. The van der Waals surface area contributed by atoms with Crippen molar-refractivity contribution in [3.63, 3.8) is 0 Å². The molecule has 0 radical (unpaired) electrons. The van der Waals surface area contributed by atoms with Crippen molar-refractivity contribution in [3.8, 4) is 11.5 Å². The Kier molecular flexibility index (Phi) is 7.08. The van der Waals surface area contributed by atoms with Gasteiger partial charge in [0, 0.05) is 56.5 Å². The van der Waals surface area contributed by atoms with E-state index in [-0.39, 0.29) is 42.9 Å². The number of benzene rings is 2. The van der Waals surface area contributed by atoms with E-state index in [2.05, 4.69) is 0 Å². The average molecular weight is 488 g/mol. The van der Waals surface area contributed by atoms with Gasteiger partial charge in [0.25, 0.3) is 5.91 Å². The lowest BCUT2D eigenvalue weighted by Crippen LogP contribution is -2.50. The predicted octanol–water partition coefficient (Wildman–Crippen LogP) is 2.37. The van der Waals surface area contributed by atoms with Crippen LogP contribution in [0.1, 0.15) is 29.6 Å². The van der Waals surface area contributed by atoms with Gasteiger partial charge >= 0.3 is 0 Å². The smallest absolute Gasteiger partial charge is 0.253 e. The van der Waals surface area contributed by atoms with E-state index < -0.39 is 10.0 Å². The quantitative estimate of drug-likeness (QED) is 0.621. The van der Waals surface area contributed by atoms with E-state index in [0.29, 0.717) is 30.0 Å². The Balaban J connectivity index is 1.40. The topological polar surface area (TPSA) is 96.5 Å². The highest BCUT2D eigenvalue weighted by Crippen LogP contribution is 2.31. The Hall–Kier alpha value is -3.11. The maximum atomic E-state index is 13.1. The van der Waals surface area contributed by atoms with Crippen molar-refractivity contribution in [1.29, 1.82) is 0 Å². The highest BCUT2D eigenvalue weighted by Gasteiger charge is 2.31. The fraction of sp³-hybridized carbons (Fsp3) is 0.417. The first kappa shape index (κ1) is 24.0. The first-order chi connectivity index (χ1) is 16.3. The molecule has 0 atom stereocenters. The third-order valence-electron chi connectivity index (χ3n) is 6.27. The maximum absolute atomic E-state index is 13.1. The molecule has 0 N–H and O–H groups in total. The number of anilines is 1. The number of rotatable bonds is 6. The normalized spacial score (nSPS) is 17.5. The van der Waals surface area contributed by atoms with E-state index >= 15 is 0 Å².